The molecule has 1 aromatic heterocycles. The number of thiazole rings is 1. The standard InChI is InChI=1S/C14H21N3S/c1-2-11(1)9-16-6-3-13-12(16)4-7-17(13)10-14-15-5-8-18-14/h5,8,11-13H,1-4,6-7,9-10H2/t12-,13+/m0/s1. The smallest absolute Gasteiger partial charge is 0.107 e. The van der Waals surface area contributed by atoms with E-state index in [2.05, 4.69) is 20.2 Å². The molecule has 3 aliphatic rings. The summed E-state index contributed by atoms with van der Waals surface area (Å²) in [5, 5.41) is 3.38. The summed E-state index contributed by atoms with van der Waals surface area (Å²) < 4.78 is 0. The van der Waals surface area contributed by atoms with Crippen molar-refractivity contribution in [2.45, 2.75) is 44.3 Å². The minimum atomic E-state index is 0.813. The number of hydrogen-bond donors (Lipinski definition) is 0. The molecule has 0 bridgehead atoms. The van der Waals surface area contributed by atoms with E-state index in [4.69, 9.17) is 0 Å². The molecule has 0 radical (unpaired) electrons. The van der Waals surface area contributed by atoms with Gasteiger partial charge in [0.1, 0.15) is 5.01 Å². The lowest BCUT2D eigenvalue weighted by Gasteiger charge is -2.25. The van der Waals surface area contributed by atoms with Crippen LogP contribution in [-0.4, -0.2) is 46.5 Å². The fraction of sp³-hybridized carbons (Fsp3) is 0.786. The lowest BCUT2D eigenvalue weighted by molar-refractivity contribution is 0.212. The molecule has 3 fully saturated rings. The Morgan fingerprint density at radius 1 is 1.11 bits per heavy atom. The topological polar surface area (TPSA) is 19.4 Å². The summed E-state index contributed by atoms with van der Waals surface area (Å²) in [6, 6.07) is 1.67. The quantitative estimate of drug-likeness (QED) is 0.830. The fourth-order valence-electron chi connectivity index (χ4n) is 3.72. The first-order chi connectivity index (χ1) is 8.90. The third-order valence-corrected chi connectivity index (χ3v) is 5.58. The van der Waals surface area contributed by atoms with Gasteiger partial charge in [-0.2, -0.15) is 0 Å². The van der Waals surface area contributed by atoms with Crippen molar-refractivity contribution in [3.8, 4) is 0 Å². The summed E-state index contributed by atoms with van der Waals surface area (Å²) in [6.45, 7) is 5.07. The minimum absolute atomic E-state index is 0.813. The Morgan fingerprint density at radius 3 is 2.61 bits per heavy atom. The van der Waals surface area contributed by atoms with E-state index in [1.54, 1.807) is 11.3 Å². The van der Waals surface area contributed by atoms with Crippen LogP contribution in [-0.2, 0) is 6.54 Å². The van der Waals surface area contributed by atoms with E-state index < -0.39 is 0 Å². The van der Waals surface area contributed by atoms with Crippen molar-refractivity contribution in [2.75, 3.05) is 19.6 Å². The summed E-state index contributed by atoms with van der Waals surface area (Å²) in [5.41, 5.74) is 0. The predicted octanol–water partition coefficient (Wildman–Crippen LogP) is 2.20. The van der Waals surface area contributed by atoms with Crippen LogP contribution >= 0.6 is 11.3 Å². The second kappa shape index (κ2) is 4.58. The van der Waals surface area contributed by atoms with Crippen LogP contribution in [0.5, 0.6) is 0 Å². The van der Waals surface area contributed by atoms with Gasteiger partial charge in [0, 0.05) is 43.3 Å². The Hall–Kier alpha value is -0.450. The number of rotatable bonds is 4. The van der Waals surface area contributed by atoms with Gasteiger partial charge in [-0.25, -0.2) is 4.98 Å². The molecule has 1 aromatic rings. The summed E-state index contributed by atoms with van der Waals surface area (Å²) in [5.74, 6) is 1.04. The number of likely N-dealkylation sites (tertiary alicyclic amines) is 2. The zero-order valence-electron chi connectivity index (χ0n) is 10.8. The second-order valence-corrected chi connectivity index (χ2v) is 7.03. The summed E-state index contributed by atoms with van der Waals surface area (Å²) in [7, 11) is 0. The maximum atomic E-state index is 4.43. The van der Waals surface area contributed by atoms with Crippen LogP contribution in [0.3, 0.4) is 0 Å². The molecular weight excluding hydrogens is 242 g/mol. The van der Waals surface area contributed by atoms with Crippen LogP contribution < -0.4 is 0 Å². The van der Waals surface area contributed by atoms with Gasteiger partial charge in [-0.3, -0.25) is 9.80 Å². The van der Waals surface area contributed by atoms with E-state index in [1.807, 2.05) is 6.20 Å². The summed E-state index contributed by atoms with van der Waals surface area (Å²) >= 11 is 1.80. The fourth-order valence-corrected chi connectivity index (χ4v) is 4.37. The molecule has 98 valence electrons. The zero-order valence-corrected chi connectivity index (χ0v) is 11.6. The van der Waals surface area contributed by atoms with Crippen molar-refractivity contribution in [2.24, 2.45) is 5.92 Å². The van der Waals surface area contributed by atoms with Gasteiger partial charge in [0.05, 0.1) is 6.54 Å². The molecule has 1 aliphatic carbocycles. The van der Waals surface area contributed by atoms with Crippen molar-refractivity contribution >= 4 is 11.3 Å². The van der Waals surface area contributed by atoms with E-state index in [9.17, 15) is 0 Å². The van der Waals surface area contributed by atoms with Gasteiger partial charge < -0.3 is 0 Å². The maximum Gasteiger partial charge on any atom is 0.107 e. The van der Waals surface area contributed by atoms with E-state index >= 15 is 0 Å². The van der Waals surface area contributed by atoms with Crippen molar-refractivity contribution in [3.63, 3.8) is 0 Å². The van der Waals surface area contributed by atoms with Crippen LogP contribution in [0.4, 0.5) is 0 Å². The Labute approximate surface area is 113 Å². The normalized spacial score (nSPS) is 33.1. The molecule has 0 spiro atoms. The van der Waals surface area contributed by atoms with Crippen molar-refractivity contribution in [3.05, 3.63) is 16.6 Å². The van der Waals surface area contributed by atoms with Gasteiger partial charge in [-0.1, -0.05) is 0 Å². The average Bonchev–Trinajstić information content (AvgIpc) is 2.81. The lowest BCUT2D eigenvalue weighted by Crippen LogP contribution is -2.37. The maximum absolute atomic E-state index is 4.43. The highest BCUT2D eigenvalue weighted by molar-refractivity contribution is 7.09. The van der Waals surface area contributed by atoms with Gasteiger partial charge in [-0.15, -0.1) is 11.3 Å². The average molecular weight is 263 g/mol. The molecule has 4 heteroatoms. The lowest BCUT2D eigenvalue weighted by atomic mass is 10.1. The minimum Gasteiger partial charge on any atom is -0.298 e. The molecule has 2 atom stereocenters. The second-order valence-electron chi connectivity index (χ2n) is 6.05. The Bertz CT molecular complexity index is 401. The molecule has 1 saturated carbocycles. The molecule has 2 aliphatic heterocycles. The first-order valence-electron chi connectivity index (χ1n) is 7.26. The van der Waals surface area contributed by atoms with E-state index in [-0.39, 0.29) is 0 Å². The molecule has 3 heterocycles. The molecule has 3 nitrogen and oxygen atoms in total. The number of nitrogens with zero attached hydrogens (tertiary/aromatic N) is 3. The zero-order chi connectivity index (χ0) is 11.9. The van der Waals surface area contributed by atoms with E-state index in [0.717, 1.165) is 24.5 Å². The highest BCUT2D eigenvalue weighted by Gasteiger charge is 2.43. The highest BCUT2D eigenvalue weighted by Crippen LogP contribution is 2.37. The van der Waals surface area contributed by atoms with Gasteiger partial charge in [0.15, 0.2) is 0 Å². The third-order valence-electron chi connectivity index (χ3n) is 4.82. The van der Waals surface area contributed by atoms with Crippen LogP contribution in [0, 0.1) is 5.92 Å². The third kappa shape index (κ3) is 2.10. The molecule has 4 rings (SSSR count). The van der Waals surface area contributed by atoms with Crippen LogP contribution in [0.1, 0.15) is 30.7 Å². The Kier molecular flexibility index (Phi) is 2.90. The first-order valence-corrected chi connectivity index (χ1v) is 8.14. The predicted molar refractivity (Wildman–Crippen MR) is 73.6 cm³/mol. The largest absolute Gasteiger partial charge is 0.298 e. The van der Waals surface area contributed by atoms with Crippen molar-refractivity contribution in [1.29, 1.82) is 0 Å². The molecule has 0 aromatic carbocycles. The van der Waals surface area contributed by atoms with Gasteiger partial charge in [-0.05, 0) is 31.6 Å². The summed E-state index contributed by atoms with van der Waals surface area (Å²) in [4.78, 5) is 9.89. The van der Waals surface area contributed by atoms with E-state index in [1.165, 1.54) is 50.3 Å². The summed E-state index contributed by atoms with van der Waals surface area (Å²) in [6.07, 6.45) is 7.65. The van der Waals surface area contributed by atoms with E-state index in [0.29, 0.717) is 0 Å². The van der Waals surface area contributed by atoms with Crippen molar-refractivity contribution in [1.82, 2.24) is 14.8 Å². The van der Waals surface area contributed by atoms with Gasteiger partial charge in [0.2, 0.25) is 0 Å². The first kappa shape index (κ1) is 11.4. The molecular formula is C14H21N3S. The van der Waals surface area contributed by atoms with Crippen LogP contribution in [0.15, 0.2) is 11.6 Å². The number of aromatic nitrogens is 1. The van der Waals surface area contributed by atoms with Crippen molar-refractivity contribution < 1.29 is 0 Å². The Balaban J connectivity index is 1.40. The SMILES string of the molecule is c1csc(CN2CC[C@H]3[C@H]2CCN3CC2CC2)n1. The van der Waals surface area contributed by atoms with Crippen LogP contribution in [0.25, 0.3) is 0 Å². The molecule has 2 saturated heterocycles. The molecule has 0 amide bonds. The molecule has 18 heavy (non-hydrogen) atoms. The Morgan fingerprint density at radius 2 is 1.89 bits per heavy atom. The van der Waals surface area contributed by atoms with Gasteiger partial charge >= 0.3 is 0 Å². The number of fused-ring (bicyclic) bond motifs is 1. The highest BCUT2D eigenvalue weighted by atomic mass is 32.1. The van der Waals surface area contributed by atoms with Gasteiger partial charge in [0.25, 0.3) is 0 Å². The number of hydrogen-bond acceptors (Lipinski definition) is 4. The molecule has 0 unspecified atom stereocenters. The monoisotopic (exact) mass is 263 g/mol. The van der Waals surface area contributed by atoms with Crippen LogP contribution in [0.2, 0.25) is 0 Å². The molecule has 0 N–H and O–H groups in total.